The number of aliphatic carboxylic acids is 1. The molecule has 5 amide bonds. The van der Waals surface area contributed by atoms with Crippen molar-refractivity contribution in [1.29, 1.82) is 0 Å². The van der Waals surface area contributed by atoms with Gasteiger partial charge >= 0.3 is 24.3 Å². The third-order valence-corrected chi connectivity index (χ3v) is 12.0. The normalized spacial score (nSPS) is 19.5. The quantitative estimate of drug-likeness (QED) is 0.264. The van der Waals surface area contributed by atoms with Gasteiger partial charge in [0.1, 0.15) is 0 Å². The Bertz CT molecular complexity index is 1790. The highest BCUT2D eigenvalue weighted by Crippen LogP contribution is 2.39. The molecule has 2 aromatic carbocycles. The number of likely N-dealkylation sites (tertiary alicyclic amines) is 3. The first kappa shape index (κ1) is 40.9. The van der Waals surface area contributed by atoms with Gasteiger partial charge in [0.15, 0.2) is 6.10 Å². The van der Waals surface area contributed by atoms with Crippen LogP contribution in [0.5, 0.6) is 0 Å². The first-order valence-electron chi connectivity index (χ1n) is 19.2. The lowest BCUT2D eigenvalue weighted by Crippen LogP contribution is -2.52. The van der Waals surface area contributed by atoms with E-state index in [1.807, 2.05) is 24.3 Å². The number of hydrogen-bond acceptors (Lipinski definition) is 7. The number of nitrogen functional groups attached to an aromatic ring is 1. The summed E-state index contributed by atoms with van der Waals surface area (Å²) in [5, 5.41) is 11.5. The predicted molar refractivity (Wildman–Crippen MR) is 201 cm³/mol. The van der Waals surface area contributed by atoms with Gasteiger partial charge in [-0.15, -0.1) is 0 Å². The second-order valence-electron chi connectivity index (χ2n) is 15.1. The molecule has 0 aromatic heterocycles. The molecule has 13 nitrogen and oxygen atoms in total. The number of carbonyl (C=O) groups is 5. The first-order valence-corrected chi connectivity index (χ1v) is 19.6. The summed E-state index contributed by atoms with van der Waals surface area (Å²) in [6.45, 7) is 2.83. The molecule has 4 aliphatic heterocycles. The number of anilines is 2. The molecule has 0 saturated carbocycles. The van der Waals surface area contributed by atoms with Gasteiger partial charge in [0, 0.05) is 70.4 Å². The van der Waals surface area contributed by atoms with Crippen LogP contribution >= 0.6 is 11.6 Å². The third kappa shape index (κ3) is 9.79. The Morgan fingerprint density at radius 3 is 2.11 bits per heavy atom. The second kappa shape index (κ2) is 17.6. The number of carboxylic acids is 1. The second-order valence-corrected chi connectivity index (χ2v) is 15.5. The summed E-state index contributed by atoms with van der Waals surface area (Å²) in [5.41, 5.74) is 5.73. The van der Waals surface area contributed by atoms with E-state index in [4.69, 9.17) is 27.2 Å². The lowest BCUT2D eigenvalue weighted by atomic mass is 9.78. The standard InChI is InChI=1S/C39H48ClF3N6O7/c40-30-22-24(21-29(35(30)44)39(41,42)43)23-32(36(53)47-16-9-26(10-17-47)25-7-14-46(15-8-25)33(50)5-6-34(51)52)56-38(55)48-18-12-28(13-19-48)49-20-11-27-3-1-2-4-31(27)45-37(49)54/h1-4,21-22,25-26,28,32H,5-20,23,44H2,(H,45,54)(H,51,52)/t32-/m1/s1. The molecule has 3 saturated heterocycles. The third-order valence-electron chi connectivity index (χ3n) is 11.7. The van der Waals surface area contributed by atoms with Crippen LogP contribution in [0.2, 0.25) is 5.02 Å². The fourth-order valence-electron chi connectivity index (χ4n) is 8.50. The van der Waals surface area contributed by atoms with Crippen molar-refractivity contribution in [2.24, 2.45) is 11.8 Å². The molecule has 0 bridgehead atoms. The van der Waals surface area contributed by atoms with Crippen molar-refractivity contribution in [1.82, 2.24) is 19.6 Å². The Balaban J connectivity index is 1.08. The highest BCUT2D eigenvalue weighted by atomic mass is 35.5. The molecule has 0 aliphatic carbocycles. The van der Waals surface area contributed by atoms with Crippen LogP contribution in [-0.4, -0.2) is 113 Å². The maximum atomic E-state index is 14.1. The zero-order valence-corrected chi connectivity index (χ0v) is 31.8. The minimum atomic E-state index is -4.80. The number of carbonyl (C=O) groups excluding carboxylic acids is 4. The summed E-state index contributed by atoms with van der Waals surface area (Å²) in [6.07, 6.45) is -3.11. The van der Waals surface area contributed by atoms with Crippen molar-refractivity contribution in [3.63, 3.8) is 0 Å². The molecule has 3 fully saturated rings. The lowest BCUT2D eigenvalue weighted by Gasteiger charge is -2.41. The van der Waals surface area contributed by atoms with E-state index < -0.39 is 41.5 Å². The number of rotatable bonds is 9. The number of nitrogens with two attached hydrogens (primary N) is 1. The molecule has 0 unspecified atom stereocenters. The van der Waals surface area contributed by atoms with Gasteiger partial charge in [-0.1, -0.05) is 29.8 Å². The van der Waals surface area contributed by atoms with Crippen LogP contribution in [0.25, 0.3) is 0 Å². The number of fused-ring (bicyclic) bond motifs is 1. The van der Waals surface area contributed by atoms with Gasteiger partial charge in [-0.05, 0) is 86.1 Å². The van der Waals surface area contributed by atoms with E-state index in [1.165, 1.54) is 11.0 Å². The SMILES string of the molecule is Nc1c(Cl)cc(C[C@@H](OC(=O)N2CCC(N3CCc4ccccc4NC3=O)CC2)C(=O)N2CCC(C3CCN(C(=O)CCC(=O)O)CC3)CC2)cc1C(F)(F)F. The van der Waals surface area contributed by atoms with Gasteiger partial charge in [0.25, 0.3) is 5.91 Å². The van der Waals surface area contributed by atoms with Crippen LogP contribution in [0.15, 0.2) is 36.4 Å². The maximum Gasteiger partial charge on any atom is 0.418 e. The summed E-state index contributed by atoms with van der Waals surface area (Å²) in [4.78, 5) is 70.7. The summed E-state index contributed by atoms with van der Waals surface area (Å²) in [6, 6.07) is 9.37. The molecule has 4 heterocycles. The number of ether oxygens (including phenoxy) is 1. The van der Waals surface area contributed by atoms with Gasteiger partial charge < -0.3 is 40.5 Å². The Labute approximate surface area is 328 Å². The molecule has 1 atom stereocenters. The number of benzene rings is 2. The monoisotopic (exact) mass is 804 g/mol. The van der Waals surface area contributed by atoms with Crippen LogP contribution < -0.4 is 11.1 Å². The fourth-order valence-corrected chi connectivity index (χ4v) is 8.74. The van der Waals surface area contributed by atoms with E-state index >= 15 is 0 Å². The summed E-state index contributed by atoms with van der Waals surface area (Å²) >= 11 is 6.12. The molecule has 0 spiro atoms. The van der Waals surface area contributed by atoms with Crippen LogP contribution in [0.4, 0.5) is 34.1 Å². The first-order chi connectivity index (χ1) is 26.7. The van der Waals surface area contributed by atoms with E-state index in [1.54, 1.807) is 14.7 Å². The van der Waals surface area contributed by atoms with Gasteiger partial charge in [-0.25, -0.2) is 9.59 Å². The molecule has 4 N–H and O–H groups in total. The van der Waals surface area contributed by atoms with Crippen molar-refractivity contribution < 1.29 is 47.0 Å². The summed E-state index contributed by atoms with van der Waals surface area (Å²) < 4.78 is 47.5. The molecule has 6 rings (SSSR count). The molecule has 304 valence electrons. The number of piperidine rings is 3. The van der Waals surface area contributed by atoms with Crippen LogP contribution in [0.3, 0.4) is 0 Å². The Morgan fingerprint density at radius 2 is 1.48 bits per heavy atom. The highest BCUT2D eigenvalue weighted by molar-refractivity contribution is 6.33. The molecule has 0 radical (unpaired) electrons. The number of hydrogen-bond donors (Lipinski definition) is 3. The number of halogens is 4. The van der Waals surface area contributed by atoms with Crippen molar-refractivity contribution in [2.75, 3.05) is 56.9 Å². The number of urea groups is 1. The number of amides is 5. The van der Waals surface area contributed by atoms with Crippen molar-refractivity contribution in [3.05, 3.63) is 58.1 Å². The zero-order valence-electron chi connectivity index (χ0n) is 31.1. The van der Waals surface area contributed by atoms with Gasteiger partial charge in [0.2, 0.25) is 5.91 Å². The average molecular weight is 805 g/mol. The zero-order chi connectivity index (χ0) is 40.1. The Kier molecular flexibility index (Phi) is 12.9. The number of nitrogens with zero attached hydrogens (tertiary/aromatic N) is 4. The topological polar surface area (TPSA) is 166 Å². The van der Waals surface area contributed by atoms with Crippen molar-refractivity contribution in [2.45, 2.75) is 82.5 Å². The largest absolute Gasteiger partial charge is 0.481 e. The van der Waals surface area contributed by atoms with E-state index in [0.717, 1.165) is 30.2 Å². The number of carboxylic acid groups (broad SMARTS) is 1. The number of nitrogens with one attached hydrogen (secondary N) is 1. The summed E-state index contributed by atoms with van der Waals surface area (Å²) in [5.74, 6) is -1.10. The number of alkyl halides is 3. The van der Waals surface area contributed by atoms with E-state index in [2.05, 4.69) is 5.32 Å². The Morgan fingerprint density at radius 1 is 0.875 bits per heavy atom. The number of para-hydroxylation sites is 1. The highest BCUT2D eigenvalue weighted by Gasteiger charge is 2.39. The predicted octanol–water partition coefficient (Wildman–Crippen LogP) is 5.89. The van der Waals surface area contributed by atoms with Crippen LogP contribution in [0.1, 0.15) is 68.1 Å². The van der Waals surface area contributed by atoms with Crippen molar-refractivity contribution in [3.8, 4) is 0 Å². The maximum absolute atomic E-state index is 14.1. The average Bonchev–Trinajstić information content (AvgIpc) is 3.35. The summed E-state index contributed by atoms with van der Waals surface area (Å²) in [7, 11) is 0. The minimum absolute atomic E-state index is 0.0302. The molecular weight excluding hydrogens is 757 g/mol. The van der Waals surface area contributed by atoms with Crippen LogP contribution in [-0.2, 0) is 38.1 Å². The van der Waals surface area contributed by atoms with Crippen molar-refractivity contribution >= 4 is 52.9 Å². The minimum Gasteiger partial charge on any atom is -0.481 e. The van der Waals surface area contributed by atoms with Crippen LogP contribution in [0, 0.1) is 11.8 Å². The molecular formula is C39H48ClF3N6O7. The molecule has 4 aliphatic rings. The van der Waals surface area contributed by atoms with E-state index in [9.17, 15) is 37.1 Å². The Hall–Kier alpha value is -4.73. The smallest absolute Gasteiger partial charge is 0.418 e. The van der Waals surface area contributed by atoms with E-state index in [0.29, 0.717) is 70.7 Å². The molecule has 56 heavy (non-hydrogen) atoms. The molecule has 2 aromatic rings. The molecule has 17 heteroatoms. The van der Waals surface area contributed by atoms with Gasteiger partial charge in [-0.3, -0.25) is 14.4 Å². The lowest BCUT2D eigenvalue weighted by molar-refractivity contribution is -0.143. The van der Waals surface area contributed by atoms with Gasteiger partial charge in [-0.2, -0.15) is 13.2 Å². The fraction of sp³-hybridized carbons (Fsp3) is 0.564. The van der Waals surface area contributed by atoms with Gasteiger partial charge in [0.05, 0.1) is 22.7 Å². The van der Waals surface area contributed by atoms with E-state index in [-0.39, 0.29) is 66.8 Å².